The minimum Gasteiger partial charge on any atom is -0.349 e. The molecule has 20 heavy (non-hydrogen) atoms. The van der Waals surface area contributed by atoms with Gasteiger partial charge in [0.05, 0.1) is 5.54 Å². The van der Waals surface area contributed by atoms with Crippen LogP contribution in [0.1, 0.15) is 33.3 Å². The molecule has 0 spiro atoms. The molecule has 0 fully saturated rings. The second-order valence-electron chi connectivity index (χ2n) is 5.96. The van der Waals surface area contributed by atoms with Crippen LogP contribution in [0.25, 0.3) is 0 Å². The van der Waals surface area contributed by atoms with E-state index in [2.05, 4.69) is 5.32 Å². The Hall–Kier alpha value is -1.42. The van der Waals surface area contributed by atoms with Crippen LogP contribution in [0.4, 0.5) is 4.39 Å². The first-order valence-corrected chi connectivity index (χ1v) is 7.05. The van der Waals surface area contributed by atoms with Crippen LogP contribution in [0.3, 0.4) is 0 Å². The molecule has 3 nitrogen and oxygen atoms in total. The van der Waals surface area contributed by atoms with Gasteiger partial charge in [-0.3, -0.25) is 4.79 Å². The number of amides is 1. The van der Waals surface area contributed by atoms with Gasteiger partial charge in [0, 0.05) is 12.5 Å². The van der Waals surface area contributed by atoms with Crippen molar-refractivity contribution < 1.29 is 9.18 Å². The Morgan fingerprint density at radius 3 is 2.45 bits per heavy atom. The summed E-state index contributed by atoms with van der Waals surface area (Å²) in [6.45, 7) is 8.16. The molecule has 112 valence electrons. The average molecular weight is 280 g/mol. The molecule has 0 heterocycles. The van der Waals surface area contributed by atoms with E-state index in [1.807, 2.05) is 20.8 Å². The Balaban J connectivity index is 2.71. The summed E-state index contributed by atoms with van der Waals surface area (Å²) in [4.78, 5) is 12.2. The molecule has 4 heteroatoms. The molecule has 0 aliphatic heterocycles. The molecule has 0 saturated carbocycles. The Morgan fingerprint density at radius 2 is 1.95 bits per heavy atom. The Kier molecular flexibility index (Phi) is 5.69. The van der Waals surface area contributed by atoms with Crippen molar-refractivity contribution in [3.05, 3.63) is 35.6 Å². The summed E-state index contributed by atoms with van der Waals surface area (Å²) in [6, 6.07) is 6.55. The molecule has 1 amide bonds. The van der Waals surface area contributed by atoms with Crippen LogP contribution in [-0.4, -0.2) is 18.0 Å². The number of rotatable bonds is 6. The molecule has 2 atom stereocenters. The zero-order valence-corrected chi connectivity index (χ0v) is 12.7. The SMILES string of the molecule is CC(Cc1ccccc1F)C(=O)NC(C)(CN)C(C)C. The summed E-state index contributed by atoms with van der Waals surface area (Å²) in [5, 5.41) is 3.00. The monoisotopic (exact) mass is 280 g/mol. The molecule has 0 bridgehead atoms. The summed E-state index contributed by atoms with van der Waals surface area (Å²) in [5.74, 6) is -0.416. The zero-order chi connectivity index (χ0) is 15.3. The third kappa shape index (κ3) is 4.04. The average Bonchev–Trinajstić information content (AvgIpc) is 2.40. The fourth-order valence-corrected chi connectivity index (χ4v) is 1.92. The lowest BCUT2D eigenvalue weighted by atomic mass is 9.87. The van der Waals surface area contributed by atoms with Gasteiger partial charge in [-0.2, -0.15) is 0 Å². The van der Waals surface area contributed by atoms with Crippen LogP contribution in [0, 0.1) is 17.7 Å². The zero-order valence-electron chi connectivity index (χ0n) is 12.7. The molecule has 1 aromatic rings. The van der Waals surface area contributed by atoms with Crippen molar-refractivity contribution in [1.82, 2.24) is 5.32 Å². The molecule has 3 N–H and O–H groups in total. The van der Waals surface area contributed by atoms with E-state index < -0.39 is 5.54 Å². The van der Waals surface area contributed by atoms with Crippen molar-refractivity contribution in [2.24, 2.45) is 17.6 Å². The second-order valence-corrected chi connectivity index (χ2v) is 5.96. The van der Waals surface area contributed by atoms with E-state index in [-0.39, 0.29) is 23.6 Å². The summed E-state index contributed by atoms with van der Waals surface area (Å²) < 4.78 is 13.6. The summed E-state index contributed by atoms with van der Waals surface area (Å²) in [5.41, 5.74) is 5.89. The first kappa shape index (κ1) is 16.6. The number of benzene rings is 1. The summed E-state index contributed by atoms with van der Waals surface area (Å²) >= 11 is 0. The van der Waals surface area contributed by atoms with Gasteiger partial charge in [-0.25, -0.2) is 4.39 Å². The minimum absolute atomic E-state index is 0.0881. The van der Waals surface area contributed by atoms with Crippen molar-refractivity contribution in [3.63, 3.8) is 0 Å². The van der Waals surface area contributed by atoms with Crippen LogP contribution >= 0.6 is 0 Å². The largest absolute Gasteiger partial charge is 0.349 e. The highest BCUT2D eigenvalue weighted by Gasteiger charge is 2.30. The van der Waals surface area contributed by atoms with E-state index >= 15 is 0 Å². The van der Waals surface area contributed by atoms with Crippen LogP contribution in [0.15, 0.2) is 24.3 Å². The smallest absolute Gasteiger partial charge is 0.223 e. The van der Waals surface area contributed by atoms with Crippen LogP contribution < -0.4 is 11.1 Å². The van der Waals surface area contributed by atoms with Crippen LogP contribution in [0.5, 0.6) is 0 Å². The van der Waals surface area contributed by atoms with Crippen molar-refractivity contribution in [1.29, 1.82) is 0 Å². The molecule has 0 aliphatic rings. The molecule has 0 saturated heterocycles. The van der Waals surface area contributed by atoms with Gasteiger partial charge in [-0.15, -0.1) is 0 Å². The van der Waals surface area contributed by atoms with E-state index in [1.165, 1.54) is 6.07 Å². The number of carbonyl (C=O) groups excluding carboxylic acids is 1. The number of carbonyl (C=O) groups is 1. The third-order valence-electron chi connectivity index (χ3n) is 4.04. The third-order valence-corrected chi connectivity index (χ3v) is 4.04. The standard InChI is InChI=1S/C16H25FN2O/c1-11(2)16(4,10-18)19-15(20)12(3)9-13-7-5-6-8-14(13)17/h5-8,11-12H,9-10,18H2,1-4H3,(H,19,20). The quantitative estimate of drug-likeness (QED) is 0.841. The predicted molar refractivity (Wildman–Crippen MR) is 79.7 cm³/mol. The highest BCUT2D eigenvalue weighted by atomic mass is 19.1. The highest BCUT2D eigenvalue weighted by molar-refractivity contribution is 5.79. The van der Waals surface area contributed by atoms with E-state index in [4.69, 9.17) is 5.73 Å². The molecule has 2 unspecified atom stereocenters. The fourth-order valence-electron chi connectivity index (χ4n) is 1.92. The van der Waals surface area contributed by atoms with Crippen LogP contribution in [-0.2, 0) is 11.2 Å². The van der Waals surface area contributed by atoms with Crippen molar-refractivity contribution in [3.8, 4) is 0 Å². The van der Waals surface area contributed by atoms with Crippen molar-refractivity contribution in [2.75, 3.05) is 6.54 Å². The van der Waals surface area contributed by atoms with Crippen LogP contribution in [0.2, 0.25) is 0 Å². The highest BCUT2D eigenvalue weighted by Crippen LogP contribution is 2.17. The van der Waals surface area contributed by atoms with Gasteiger partial charge >= 0.3 is 0 Å². The fraction of sp³-hybridized carbons (Fsp3) is 0.562. The predicted octanol–water partition coefficient (Wildman–Crippen LogP) is 2.49. The Bertz CT molecular complexity index is 462. The topological polar surface area (TPSA) is 55.1 Å². The number of hydrogen-bond acceptors (Lipinski definition) is 2. The lowest BCUT2D eigenvalue weighted by Gasteiger charge is -2.34. The van der Waals surface area contributed by atoms with E-state index in [9.17, 15) is 9.18 Å². The first-order chi connectivity index (χ1) is 9.30. The van der Waals surface area contributed by atoms with E-state index in [0.29, 0.717) is 18.5 Å². The second kappa shape index (κ2) is 6.84. The molecule has 0 radical (unpaired) electrons. The molecule has 0 aromatic heterocycles. The van der Waals surface area contributed by atoms with E-state index in [1.54, 1.807) is 25.1 Å². The molecule has 0 aliphatic carbocycles. The minimum atomic E-state index is -0.430. The first-order valence-electron chi connectivity index (χ1n) is 7.05. The van der Waals surface area contributed by atoms with Gasteiger partial charge in [-0.1, -0.05) is 39.0 Å². The van der Waals surface area contributed by atoms with E-state index in [0.717, 1.165) is 0 Å². The van der Waals surface area contributed by atoms with Gasteiger partial charge in [0.15, 0.2) is 0 Å². The van der Waals surface area contributed by atoms with Gasteiger partial charge in [-0.05, 0) is 30.9 Å². The maximum Gasteiger partial charge on any atom is 0.223 e. The van der Waals surface area contributed by atoms with Crippen molar-refractivity contribution >= 4 is 5.91 Å². The van der Waals surface area contributed by atoms with Gasteiger partial charge in [0.1, 0.15) is 5.82 Å². The Morgan fingerprint density at radius 1 is 1.35 bits per heavy atom. The lowest BCUT2D eigenvalue weighted by Crippen LogP contribution is -2.56. The molecule has 1 aromatic carbocycles. The maximum absolute atomic E-state index is 13.6. The Labute approximate surface area is 120 Å². The van der Waals surface area contributed by atoms with Gasteiger partial charge < -0.3 is 11.1 Å². The van der Waals surface area contributed by atoms with Crippen molar-refractivity contribution in [2.45, 2.75) is 39.7 Å². The number of halogens is 1. The number of nitrogens with one attached hydrogen (secondary N) is 1. The molecular formula is C16H25FN2O. The summed E-state index contributed by atoms with van der Waals surface area (Å²) in [7, 11) is 0. The maximum atomic E-state index is 13.6. The normalized spacial score (nSPS) is 15.8. The molecular weight excluding hydrogens is 255 g/mol. The molecule has 1 rings (SSSR count). The van der Waals surface area contributed by atoms with Gasteiger partial charge in [0.25, 0.3) is 0 Å². The lowest BCUT2D eigenvalue weighted by molar-refractivity contribution is -0.126. The van der Waals surface area contributed by atoms with Gasteiger partial charge in [0.2, 0.25) is 5.91 Å². The summed E-state index contributed by atoms with van der Waals surface area (Å²) in [6.07, 6.45) is 0.386. The number of hydrogen-bond donors (Lipinski definition) is 2. The number of nitrogens with two attached hydrogens (primary N) is 1.